The lowest BCUT2D eigenvalue weighted by molar-refractivity contribution is 0.530. The zero-order valence-electron chi connectivity index (χ0n) is 13.0. The van der Waals surface area contributed by atoms with E-state index in [-0.39, 0.29) is 0 Å². The summed E-state index contributed by atoms with van der Waals surface area (Å²) in [5.74, 6) is 0. The van der Waals surface area contributed by atoms with Gasteiger partial charge in [-0.15, -0.1) is 11.3 Å². The third kappa shape index (κ3) is 3.35. The van der Waals surface area contributed by atoms with Gasteiger partial charge in [-0.05, 0) is 62.4 Å². The number of nitrogens with zero attached hydrogens (tertiary/aromatic N) is 1. The Morgan fingerprint density at radius 2 is 2.29 bits per heavy atom. The molecule has 1 N–H and O–H groups in total. The fourth-order valence-corrected chi connectivity index (χ4v) is 4.37. The molecule has 0 spiro atoms. The average Bonchev–Trinajstić information content (AvgIpc) is 3.06. The van der Waals surface area contributed by atoms with Gasteiger partial charge in [0.1, 0.15) is 0 Å². The van der Waals surface area contributed by atoms with Crippen LogP contribution < -0.4 is 5.32 Å². The Labute approximate surface area is 131 Å². The summed E-state index contributed by atoms with van der Waals surface area (Å²) >= 11 is 2.02. The molecule has 0 saturated carbocycles. The maximum atomic E-state index is 4.58. The lowest BCUT2D eigenvalue weighted by atomic mass is 10.0. The molecule has 2 aromatic heterocycles. The second kappa shape index (κ2) is 6.71. The van der Waals surface area contributed by atoms with Gasteiger partial charge in [0.2, 0.25) is 0 Å². The van der Waals surface area contributed by atoms with E-state index >= 15 is 0 Å². The van der Waals surface area contributed by atoms with Gasteiger partial charge < -0.3 is 5.32 Å². The Balaban J connectivity index is 1.81. The standard InChI is InChI=1S/C18H24N2S/c1-3-9-19-16(12-15-13(2)6-5-10-20-15)18-11-14-7-4-8-17(14)21-18/h5-6,10-11,16,19H,3-4,7-9,12H2,1-2H3. The summed E-state index contributed by atoms with van der Waals surface area (Å²) in [6, 6.07) is 7.04. The Morgan fingerprint density at radius 3 is 3.05 bits per heavy atom. The van der Waals surface area contributed by atoms with E-state index in [2.05, 4.69) is 36.3 Å². The number of nitrogens with one attached hydrogen (secondary N) is 1. The predicted molar refractivity (Wildman–Crippen MR) is 90.1 cm³/mol. The average molecular weight is 300 g/mol. The Hall–Kier alpha value is -1.19. The summed E-state index contributed by atoms with van der Waals surface area (Å²) in [5, 5.41) is 3.72. The minimum atomic E-state index is 0.411. The summed E-state index contributed by atoms with van der Waals surface area (Å²) in [6.07, 6.45) is 7.97. The maximum absolute atomic E-state index is 4.58. The van der Waals surface area contributed by atoms with Gasteiger partial charge in [-0.1, -0.05) is 13.0 Å². The van der Waals surface area contributed by atoms with E-state index in [4.69, 9.17) is 0 Å². The van der Waals surface area contributed by atoms with E-state index < -0.39 is 0 Å². The van der Waals surface area contributed by atoms with E-state index in [1.165, 1.54) is 41.8 Å². The lowest BCUT2D eigenvalue weighted by Gasteiger charge is -2.18. The molecule has 0 saturated heterocycles. The van der Waals surface area contributed by atoms with Crippen molar-refractivity contribution in [2.75, 3.05) is 6.54 Å². The molecule has 0 fully saturated rings. The van der Waals surface area contributed by atoms with Crippen molar-refractivity contribution < 1.29 is 0 Å². The zero-order valence-corrected chi connectivity index (χ0v) is 13.8. The van der Waals surface area contributed by atoms with Gasteiger partial charge in [-0.2, -0.15) is 0 Å². The van der Waals surface area contributed by atoms with E-state index in [1.807, 2.05) is 23.6 Å². The summed E-state index contributed by atoms with van der Waals surface area (Å²) < 4.78 is 0. The largest absolute Gasteiger partial charge is 0.309 e. The van der Waals surface area contributed by atoms with Crippen molar-refractivity contribution in [3.05, 3.63) is 51.0 Å². The van der Waals surface area contributed by atoms with Crippen LogP contribution in [0.15, 0.2) is 24.4 Å². The molecule has 3 heteroatoms. The predicted octanol–water partition coefficient (Wildman–Crippen LogP) is 4.22. The number of aromatic nitrogens is 1. The van der Waals surface area contributed by atoms with E-state index in [0.717, 1.165) is 13.0 Å². The lowest BCUT2D eigenvalue weighted by Crippen LogP contribution is -2.24. The van der Waals surface area contributed by atoms with E-state index in [9.17, 15) is 0 Å². The minimum absolute atomic E-state index is 0.411. The number of hydrogen-bond donors (Lipinski definition) is 1. The maximum Gasteiger partial charge on any atom is 0.0471 e. The summed E-state index contributed by atoms with van der Waals surface area (Å²) in [7, 11) is 0. The highest BCUT2D eigenvalue weighted by Crippen LogP contribution is 2.35. The molecule has 21 heavy (non-hydrogen) atoms. The Kier molecular flexibility index (Phi) is 4.71. The molecular formula is C18H24N2S. The van der Waals surface area contributed by atoms with E-state index in [1.54, 1.807) is 10.4 Å². The second-order valence-electron chi connectivity index (χ2n) is 5.93. The molecule has 3 rings (SSSR count). The summed E-state index contributed by atoms with van der Waals surface area (Å²) in [6.45, 7) is 5.46. The molecule has 112 valence electrons. The molecule has 1 atom stereocenters. The van der Waals surface area contributed by atoms with Crippen LogP contribution in [0.2, 0.25) is 0 Å². The first-order valence-electron chi connectivity index (χ1n) is 8.03. The Morgan fingerprint density at radius 1 is 1.38 bits per heavy atom. The molecule has 2 heterocycles. The molecule has 1 aliphatic rings. The second-order valence-corrected chi connectivity index (χ2v) is 7.10. The van der Waals surface area contributed by atoms with Gasteiger partial charge in [0.25, 0.3) is 0 Å². The van der Waals surface area contributed by atoms with E-state index in [0.29, 0.717) is 6.04 Å². The third-order valence-electron chi connectivity index (χ3n) is 4.27. The zero-order chi connectivity index (χ0) is 14.7. The van der Waals surface area contributed by atoms with Crippen molar-refractivity contribution in [3.63, 3.8) is 0 Å². The first-order valence-corrected chi connectivity index (χ1v) is 8.85. The van der Waals surface area contributed by atoms with Gasteiger partial charge in [0.15, 0.2) is 0 Å². The number of thiophene rings is 1. The van der Waals surface area contributed by atoms with Crippen molar-refractivity contribution >= 4 is 11.3 Å². The van der Waals surface area contributed by atoms with Gasteiger partial charge in [-0.25, -0.2) is 0 Å². The van der Waals surface area contributed by atoms with Gasteiger partial charge in [0.05, 0.1) is 0 Å². The van der Waals surface area contributed by atoms with Crippen LogP contribution in [0, 0.1) is 6.92 Å². The highest BCUT2D eigenvalue weighted by molar-refractivity contribution is 7.12. The third-order valence-corrected chi connectivity index (χ3v) is 5.62. The van der Waals surface area contributed by atoms with Crippen LogP contribution >= 0.6 is 11.3 Å². The molecule has 2 nitrogen and oxygen atoms in total. The molecule has 1 aliphatic carbocycles. The van der Waals surface area contributed by atoms with Crippen LogP contribution in [0.1, 0.15) is 52.4 Å². The van der Waals surface area contributed by atoms with Crippen molar-refractivity contribution in [1.29, 1.82) is 0 Å². The Bertz CT molecular complexity index is 582. The van der Waals surface area contributed by atoms with Crippen LogP contribution in [0.25, 0.3) is 0 Å². The van der Waals surface area contributed by atoms with Gasteiger partial charge in [0, 0.05) is 34.1 Å². The number of aryl methyl sites for hydroxylation is 3. The summed E-state index contributed by atoms with van der Waals surface area (Å²) in [5.41, 5.74) is 4.11. The highest BCUT2D eigenvalue weighted by atomic mass is 32.1. The normalized spacial score (nSPS) is 15.1. The molecule has 0 aliphatic heterocycles. The van der Waals surface area contributed by atoms with Crippen molar-refractivity contribution in [2.45, 2.75) is 52.0 Å². The summed E-state index contributed by atoms with van der Waals surface area (Å²) in [4.78, 5) is 7.69. The van der Waals surface area contributed by atoms with Crippen LogP contribution in [0.5, 0.6) is 0 Å². The monoisotopic (exact) mass is 300 g/mol. The van der Waals surface area contributed by atoms with Gasteiger partial charge in [-0.3, -0.25) is 4.98 Å². The first-order chi connectivity index (χ1) is 10.3. The topological polar surface area (TPSA) is 24.9 Å². The van der Waals surface area contributed by atoms with Crippen LogP contribution in [0.4, 0.5) is 0 Å². The molecule has 1 unspecified atom stereocenters. The van der Waals surface area contributed by atoms with Crippen LogP contribution in [0.3, 0.4) is 0 Å². The fraction of sp³-hybridized carbons (Fsp3) is 0.500. The van der Waals surface area contributed by atoms with Crippen LogP contribution in [-0.4, -0.2) is 11.5 Å². The minimum Gasteiger partial charge on any atom is -0.309 e. The number of rotatable bonds is 6. The number of hydrogen-bond acceptors (Lipinski definition) is 3. The molecular weight excluding hydrogens is 276 g/mol. The quantitative estimate of drug-likeness (QED) is 0.864. The number of pyridine rings is 1. The van der Waals surface area contributed by atoms with Crippen LogP contribution in [-0.2, 0) is 19.3 Å². The molecule has 2 aromatic rings. The molecule has 0 bridgehead atoms. The van der Waals surface area contributed by atoms with Gasteiger partial charge >= 0.3 is 0 Å². The molecule has 0 radical (unpaired) electrons. The molecule has 0 amide bonds. The SMILES string of the molecule is CCCNC(Cc1ncccc1C)c1cc2c(s1)CCC2. The first kappa shape index (κ1) is 14.7. The van der Waals surface area contributed by atoms with Crippen molar-refractivity contribution in [2.24, 2.45) is 0 Å². The number of fused-ring (bicyclic) bond motifs is 1. The smallest absolute Gasteiger partial charge is 0.0471 e. The fourth-order valence-electron chi connectivity index (χ4n) is 3.04. The van der Waals surface area contributed by atoms with Crippen molar-refractivity contribution in [1.82, 2.24) is 10.3 Å². The van der Waals surface area contributed by atoms with Crippen molar-refractivity contribution in [3.8, 4) is 0 Å². The molecule has 0 aromatic carbocycles. The highest BCUT2D eigenvalue weighted by Gasteiger charge is 2.21.